The van der Waals surface area contributed by atoms with Crippen molar-refractivity contribution in [2.75, 3.05) is 20.1 Å². The largest absolute Gasteiger partial charge is 0.480 e. The maximum atomic E-state index is 12.4. The number of aliphatic carboxylic acids is 1. The number of hydrogen-bond acceptors (Lipinski definition) is 4. The molecule has 2 aliphatic heterocycles. The lowest BCUT2D eigenvalue weighted by Crippen LogP contribution is -2.54. The minimum Gasteiger partial charge on any atom is -0.480 e. The molecule has 0 spiro atoms. The summed E-state index contributed by atoms with van der Waals surface area (Å²) in [7, 11) is 2.00. The fourth-order valence-corrected chi connectivity index (χ4v) is 2.98. The number of nitrogens with zero attached hydrogens (tertiary/aromatic N) is 3. The summed E-state index contributed by atoms with van der Waals surface area (Å²) >= 11 is 0. The molecule has 8 nitrogen and oxygen atoms in total. The predicted molar refractivity (Wildman–Crippen MR) is 73.7 cm³/mol. The molecule has 1 aromatic rings. The number of likely N-dealkylation sites (N-methyl/N-ethyl adjacent to an activating group) is 1. The molecule has 2 unspecified atom stereocenters. The summed E-state index contributed by atoms with van der Waals surface area (Å²) in [6.07, 6.45) is 2.67. The van der Waals surface area contributed by atoms with Gasteiger partial charge in [-0.3, -0.25) is 0 Å². The van der Waals surface area contributed by atoms with E-state index in [0.29, 0.717) is 0 Å². The van der Waals surface area contributed by atoms with E-state index in [1.165, 1.54) is 11.2 Å². The fraction of sp³-hybridized carbons (Fsp3) is 0.615. The van der Waals surface area contributed by atoms with Gasteiger partial charge in [-0.25, -0.2) is 14.6 Å². The third-order valence-corrected chi connectivity index (χ3v) is 4.16. The average molecular weight is 293 g/mol. The zero-order chi connectivity index (χ0) is 15.0. The zero-order valence-corrected chi connectivity index (χ0v) is 11.9. The second-order valence-electron chi connectivity index (χ2n) is 5.71. The number of H-pyrrole nitrogens is 1. The first kappa shape index (κ1) is 13.9. The molecule has 114 valence electrons. The van der Waals surface area contributed by atoms with Gasteiger partial charge in [0.1, 0.15) is 6.04 Å². The molecule has 1 aromatic heterocycles. The van der Waals surface area contributed by atoms with Gasteiger partial charge in [0.25, 0.3) is 0 Å². The number of hydrogen-bond donors (Lipinski definition) is 3. The summed E-state index contributed by atoms with van der Waals surface area (Å²) in [4.78, 5) is 34.4. The van der Waals surface area contributed by atoms with Crippen LogP contribution in [-0.4, -0.2) is 69.1 Å². The minimum absolute atomic E-state index is 0.0834. The van der Waals surface area contributed by atoms with Crippen molar-refractivity contribution in [3.05, 3.63) is 17.7 Å². The summed E-state index contributed by atoms with van der Waals surface area (Å²) in [6, 6.07) is -1.09. The molecule has 0 radical (unpaired) electrons. The first-order chi connectivity index (χ1) is 10.0. The number of nitrogens with one attached hydrogen (secondary N) is 2. The number of amides is 2. The minimum atomic E-state index is -0.998. The van der Waals surface area contributed by atoms with E-state index >= 15 is 0 Å². The van der Waals surface area contributed by atoms with Crippen LogP contribution < -0.4 is 5.32 Å². The molecule has 3 heterocycles. The molecule has 1 fully saturated rings. The van der Waals surface area contributed by atoms with Crippen LogP contribution in [0.5, 0.6) is 0 Å². The number of rotatable bonds is 2. The Kier molecular flexibility index (Phi) is 3.54. The van der Waals surface area contributed by atoms with Crippen LogP contribution in [0.15, 0.2) is 6.33 Å². The molecule has 0 bridgehead atoms. The van der Waals surface area contributed by atoms with Gasteiger partial charge in [-0.1, -0.05) is 0 Å². The summed E-state index contributed by atoms with van der Waals surface area (Å²) in [5.74, 6) is -0.998. The van der Waals surface area contributed by atoms with Crippen molar-refractivity contribution in [2.24, 2.45) is 0 Å². The van der Waals surface area contributed by atoms with Gasteiger partial charge in [-0.2, -0.15) is 0 Å². The summed E-state index contributed by atoms with van der Waals surface area (Å²) in [5.41, 5.74) is 1.54. The number of fused-ring (bicyclic) bond motifs is 1. The van der Waals surface area contributed by atoms with Gasteiger partial charge in [0.2, 0.25) is 0 Å². The van der Waals surface area contributed by atoms with Crippen LogP contribution in [0.1, 0.15) is 17.8 Å². The number of aromatic amines is 1. The second-order valence-corrected chi connectivity index (χ2v) is 5.71. The number of likely N-dealkylation sites (tertiary alicyclic amines) is 1. The maximum Gasteiger partial charge on any atom is 0.326 e. The SMILES string of the molecule is CN1CCC(NC(=O)N2Cc3[nH]cnc3CC2C(=O)O)C1. The zero-order valence-electron chi connectivity index (χ0n) is 11.9. The Bertz CT molecular complexity index is 558. The second kappa shape index (κ2) is 5.36. The number of imidazole rings is 1. The highest BCUT2D eigenvalue weighted by Crippen LogP contribution is 2.21. The van der Waals surface area contributed by atoms with Crippen LogP contribution in [0.3, 0.4) is 0 Å². The van der Waals surface area contributed by atoms with Gasteiger partial charge in [-0.05, 0) is 20.0 Å². The predicted octanol–water partition coefficient (Wildman–Crippen LogP) is -0.365. The lowest BCUT2D eigenvalue weighted by molar-refractivity contribution is -0.142. The number of aromatic nitrogens is 2. The normalized spacial score (nSPS) is 25.7. The van der Waals surface area contributed by atoms with Gasteiger partial charge in [-0.15, -0.1) is 0 Å². The van der Waals surface area contributed by atoms with Crippen LogP contribution in [0.2, 0.25) is 0 Å². The van der Waals surface area contributed by atoms with Crippen molar-refractivity contribution >= 4 is 12.0 Å². The molecule has 3 N–H and O–H groups in total. The molecule has 2 amide bonds. The molecule has 2 aliphatic rings. The number of carbonyl (C=O) groups is 2. The van der Waals surface area contributed by atoms with Crippen molar-refractivity contribution in [1.82, 2.24) is 25.1 Å². The Balaban J connectivity index is 1.72. The van der Waals surface area contributed by atoms with Crippen LogP contribution in [0.25, 0.3) is 0 Å². The average Bonchev–Trinajstić information content (AvgIpc) is 3.05. The molecule has 1 saturated heterocycles. The third-order valence-electron chi connectivity index (χ3n) is 4.16. The molecule has 2 atom stereocenters. The Morgan fingerprint density at radius 1 is 1.52 bits per heavy atom. The van der Waals surface area contributed by atoms with Crippen molar-refractivity contribution in [1.29, 1.82) is 0 Å². The Morgan fingerprint density at radius 2 is 2.33 bits per heavy atom. The van der Waals surface area contributed by atoms with Crippen molar-refractivity contribution in [3.8, 4) is 0 Å². The van der Waals surface area contributed by atoms with E-state index in [1.807, 2.05) is 7.05 Å². The molecule has 0 saturated carbocycles. The Hall–Kier alpha value is -2.09. The number of carbonyl (C=O) groups excluding carboxylic acids is 1. The number of urea groups is 1. The standard InChI is InChI=1S/C13H19N5O3/c1-17-3-2-8(5-17)16-13(21)18-6-10-9(14-7-15-10)4-11(18)12(19)20/h7-8,11H,2-6H2,1H3,(H,14,15)(H,16,21)(H,19,20). The van der Waals surface area contributed by atoms with Crippen LogP contribution in [-0.2, 0) is 17.8 Å². The van der Waals surface area contributed by atoms with E-state index in [1.54, 1.807) is 0 Å². The van der Waals surface area contributed by atoms with E-state index in [4.69, 9.17) is 0 Å². The van der Waals surface area contributed by atoms with Gasteiger partial charge in [0.05, 0.1) is 24.3 Å². The van der Waals surface area contributed by atoms with E-state index in [9.17, 15) is 14.7 Å². The third kappa shape index (κ3) is 2.71. The molecule has 0 aromatic carbocycles. The fourth-order valence-electron chi connectivity index (χ4n) is 2.98. The topological polar surface area (TPSA) is 102 Å². The van der Waals surface area contributed by atoms with Gasteiger partial charge in [0, 0.05) is 19.0 Å². The van der Waals surface area contributed by atoms with E-state index in [0.717, 1.165) is 30.9 Å². The lowest BCUT2D eigenvalue weighted by Gasteiger charge is -2.33. The van der Waals surface area contributed by atoms with E-state index < -0.39 is 12.0 Å². The monoisotopic (exact) mass is 293 g/mol. The smallest absolute Gasteiger partial charge is 0.326 e. The van der Waals surface area contributed by atoms with Crippen molar-refractivity contribution < 1.29 is 14.7 Å². The highest BCUT2D eigenvalue weighted by molar-refractivity contribution is 5.83. The number of carboxylic acids is 1. The first-order valence-electron chi connectivity index (χ1n) is 7.04. The Labute approximate surface area is 122 Å². The molecular weight excluding hydrogens is 274 g/mol. The van der Waals surface area contributed by atoms with Crippen LogP contribution in [0.4, 0.5) is 4.79 Å². The lowest BCUT2D eigenvalue weighted by atomic mass is 10.0. The molecule has 0 aliphatic carbocycles. The van der Waals surface area contributed by atoms with E-state index in [2.05, 4.69) is 20.2 Å². The van der Waals surface area contributed by atoms with Gasteiger partial charge < -0.3 is 25.2 Å². The summed E-state index contributed by atoms with van der Waals surface area (Å²) in [6.45, 7) is 1.99. The highest BCUT2D eigenvalue weighted by Gasteiger charge is 2.37. The van der Waals surface area contributed by atoms with Crippen LogP contribution >= 0.6 is 0 Å². The van der Waals surface area contributed by atoms with Gasteiger partial charge >= 0.3 is 12.0 Å². The summed E-state index contributed by atoms with van der Waals surface area (Å²) in [5, 5.41) is 12.3. The quantitative estimate of drug-likeness (QED) is 0.691. The Morgan fingerprint density at radius 3 is 3.00 bits per heavy atom. The maximum absolute atomic E-state index is 12.4. The summed E-state index contributed by atoms with van der Waals surface area (Å²) < 4.78 is 0. The molecule has 8 heteroatoms. The molecular formula is C13H19N5O3. The van der Waals surface area contributed by atoms with Crippen molar-refractivity contribution in [3.63, 3.8) is 0 Å². The molecule has 21 heavy (non-hydrogen) atoms. The molecule has 3 rings (SSSR count). The van der Waals surface area contributed by atoms with Gasteiger partial charge in [0.15, 0.2) is 0 Å². The van der Waals surface area contributed by atoms with E-state index in [-0.39, 0.29) is 25.0 Å². The first-order valence-corrected chi connectivity index (χ1v) is 7.04. The highest BCUT2D eigenvalue weighted by atomic mass is 16.4. The van der Waals surface area contributed by atoms with Crippen molar-refractivity contribution in [2.45, 2.75) is 31.5 Å². The number of carboxylic acid groups (broad SMARTS) is 1. The van der Waals surface area contributed by atoms with Crippen LogP contribution in [0, 0.1) is 0 Å².